The van der Waals surface area contributed by atoms with E-state index < -0.39 is 36.0 Å². The molecule has 0 spiro atoms. The number of carbonyl (C=O) groups excluding carboxylic acids is 2. The first-order valence-electron chi connectivity index (χ1n) is 20.5. The summed E-state index contributed by atoms with van der Waals surface area (Å²) in [6.45, 7) is 1.80. The van der Waals surface area contributed by atoms with Crippen LogP contribution in [0.15, 0.2) is 180 Å². The summed E-state index contributed by atoms with van der Waals surface area (Å²) in [5, 5.41) is 23.9. The van der Waals surface area contributed by atoms with E-state index >= 15 is 0 Å². The molecule has 1 fully saturated rings. The van der Waals surface area contributed by atoms with Crippen LogP contribution < -0.4 is 10.6 Å². The third kappa shape index (κ3) is 9.07. The molecule has 0 radical (unpaired) electrons. The van der Waals surface area contributed by atoms with Crippen molar-refractivity contribution < 1.29 is 28.7 Å². The van der Waals surface area contributed by atoms with Crippen molar-refractivity contribution in [3.05, 3.63) is 218 Å². The smallest absolute Gasteiger partial charge is 0.358 e. The topological polar surface area (TPSA) is 149 Å². The maximum Gasteiger partial charge on any atom is 0.358 e. The molecule has 2 atom stereocenters. The quantitative estimate of drug-likeness (QED) is 0.0298. The lowest BCUT2D eigenvalue weighted by Gasteiger charge is -2.49. The molecule has 326 valence electrons. The summed E-state index contributed by atoms with van der Waals surface area (Å²) >= 11 is 7.38. The van der Waals surface area contributed by atoms with Crippen LogP contribution in [0.3, 0.4) is 0 Å². The van der Waals surface area contributed by atoms with Gasteiger partial charge in [0.15, 0.2) is 27.7 Å². The average Bonchev–Trinajstić information content (AvgIpc) is 4.01. The molecule has 1 saturated heterocycles. The van der Waals surface area contributed by atoms with Crippen molar-refractivity contribution in [3.63, 3.8) is 0 Å². The van der Waals surface area contributed by atoms with Gasteiger partial charge in [0, 0.05) is 15.9 Å². The number of benzene rings is 5. The van der Waals surface area contributed by atoms with Gasteiger partial charge in [0.05, 0.1) is 6.61 Å². The summed E-state index contributed by atoms with van der Waals surface area (Å²) in [7, 11) is 1.35. The predicted molar refractivity (Wildman–Crippen MR) is 253 cm³/mol. The van der Waals surface area contributed by atoms with Gasteiger partial charge in [-0.25, -0.2) is 19.7 Å². The van der Waals surface area contributed by atoms with E-state index in [0.717, 1.165) is 32.8 Å². The maximum absolute atomic E-state index is 14.5. The second-order valence-corrected chi connectivity index (χ2v) is 17.3. The Bertz CT molecular complexity index is 2720. The number of fused-ring (bicyclic) bond motifs is 1. The Balaban J connectivity index is 0.983. The number of nitrogens with one attached hydrogen (secondary N) is 2. The molecule has 0 bridgehead atoms. The van der Waals surface area contributed by atoms with Crippen LogP contribution in [0.1, 0.15) is 49.6 Å². The summed E-state index contributed by atoms with van der Waals surface area (Å²) in [4.78, 5) is 45.3. The van der Waals surface area contributed by atoms with Crippen LogP contribution in [-0.4, -0.2) is 64.0 Å². The van der Waals surface area contributed by atoms with Gasteiger partial charge in [0.25, 0.3) is 5.91 Å². The molecule has 65 heavy (non-hydrogen) atoms. The number of ether oxygens (including phenoxy) is 2. The lowest BCUT2D eigenvalue weighted by atomic mass is 9.77. The fourth-order valence-electron chi connectivity index (χ4n) is 7.69. The summed E-state index contributed by atoms with van der Waals surface area (Å²) in [6, 6.07) is 49.3. The van der Waals surface area contributed by atoms with E-state index in [-0.39, 0.29) is 23.7 Å². The lowest BCUT2D eigenvalue weighted by Crippen LogP contribution is -2.68. The minimum Gasteiger partial charge on any atom is -0.448 e. The van der Waals surface area contributed by atoms with E-state index in [4.69, 9.17) is 36.8 Å². The van der Waals surface area contributed by atoms with Crippen molar-refractivity contribution in [2.75, 3.05) is 19.0 Å². The predicted octanol–water partition coefficient (Wildman–Crippen LogP) is 8.66. The lowest BCUT2D eigenvalue weighted by molar-refractivity contribution is -0.395. The highest BCUT2D eigenvalue weighted by molar-refractivity contribution is 7.90. The van der Waals surface area contributed by atoms with Crippen LogP contribution in [0.5, 0.6) is 0 Å². The average molecular weight is 920 g/mol. The van der Waals surface area contributed by atoms with E-state index in [0.29, 0.717) is 20.6 Å². The highest BCUT2D eigenvalue weighted by Gasteiger charge is 2.51. The fourth-order valence-corrected chi connectivity index (χ4v) is 9.39. The molecule has 2 aromatic heterocycles. The van der Waals surface area contributed by atoms with Gasteiger partial charge in [-0.05, 0) is 40.8 Å². The van der Waals surface area contributed by atoms with Gasteiger partial charge in [-0.3, -0.25) is 4.79 Å². The number of amides is 1. The van der Waals surface area contributed by atoms with Crippen LogP contribution in [0.25, 0.3) is 4.91 Å². The molecule has 1 amide bonds. The van der Waals surface area contributed by atoms with Crippen LogP contribution in [0, 0.1) is 6.92 Å². The molecule has 13 nitrogen and oxygen atoms in total. The van der Waals surface area contributed by atoms with Gasteiger partial charge < -0.3 is 24.9 Å². The zero-order valence-corrected chi connectivity index (χ0v) is 37.5. The molecule has 2 unspecified atom stereocenters. The number of hydrogen-bond acceptors (Lipinski definition) is 15. The summed E-state index contributed by atoms with van der Waals surface area (Å²) in [5.41, 5.74) is 4.34. The van der Waals surface area contributed by atoms with Gasteiger partial charge in [-0.1, -0.05) is 168 Å². The second kappa shape index (κ2) is 19.4. The molecule has 2 aliphatic rings. The molecule has 5 aromatic carbocycles. The standard InChI is InChI=1S/C49H41N7O6S3/c1-31-53-54-45(65-31)39(63)28-34-29-60-46-44(62-56(46)41(34)47(58)61-42(32-18-8-3-9-19-32)33-20-10-4-11-21-33)51-43(57)40(55-59-2)38-30-64-48(50-38)52-49(35-22-12-5-13-23-35,36-24-14-6-15-25-36)37-26-16-7-17-27-37/h3-28,30,42,44,46,63H,29H2,1-2H3,(H,50,52)(H,51,57). The van der Waals surface area contributed by atoms with Crippen LogP contribution >= 0.6 is 35.3 Å². The molecular formula is C49H41N7O6S3. The number of thiazole rings is 1. The molecule has 0 saturated carbocycles. The molecule has 2 N–H and O–H groups in total. The number of oxime groups is 1. The highest BCUT2D eigenvalue weighted by atomic mass is 32.1. The van der Waals surface area contributed by atoms with E-state index in [2.05, 4.69) is 62.4 Å². The molecule has 2 aliphatic heterocycles. The number of carbonyl (C=O) groups is 2. The number of esters is 1. The number of hydroxylamine groups is 2. The number of anilines is 1. The monoisotopic (exact) mass is 919 g/mol. The van der Waals surface area contributed by atoms with Crippen molar-refractivity contribution in [2.45, 2.75) is 31.0 Å². The Morgan fingerprint density at radius 2 is 1.40 bits per heavy atom. The van der Waals surface area contributed by atoms with Crippen molar-refractivity contribution in [1.29, 1.82) is 0 Å². The van der Waals surface area contributed by atoms with Gasteiger partial charge in [0.1, 0.15) is 23.4 Å². The maximum atomic E-state index is 14.5. The molecule has 16 heteroatoms. The summed E-state index contributed by atoms with van der Waals surface area (Å²) in [5.74, 6) is -1.32. The van der Waals surface area contributed by atoms with Gasteiger partial charge >= 0.3 is 5.97 Å². The number of thiol groups is 1. The van der Waals surface area contributed by atoms with Crippen LogP contribution in [-0.2, 0) is 34.3 Å². The number of aromatic nitrogens is 3. The van der Waals surface area contributed by atoms with Crippen molar-refractivity contribution >= 4 is 62.9 Å². The number of aryl methyl sites for hydroxylation is 1. The normalized spacial score (nSPS) is 16.4. The third-order valence-electron chi connectivity index (χ3n) is 10.7. The summed E-state index contributed by atoms with van der Waals surface area (Å²) in [6.07, 6.45) is -1.01. The van der Waals surface area contributed by atoms with Crippen molar-refractivity contribution in [3.8, 4) is 0 Å². The minimum absolute atomic E-state index is 0.0450. The molecular weight excluding hydrogens is 879 g/mol. The SMILES string of the molecule is CON=C(C(=O)NC1ON2C(C(=O)OC(c3ccccc3)c3ccccc3)=C(C=C(S)c3nnc(C)s3)COC12)c1csc(NC(c2ccccc2)(c2ccccc2)c2ccccc2)n1. The van der Waals surface area contributed by atoms with Crippen molar-refractivity contribution in [1.82, 2.24) is 25.6 Å². The molecule has 0 aliphatic carbocycles. The van der Waals surface area contributed by atoms with Crippen LogP contribution in [0.2, 0.25) is 0 Å². The van der Waals surface area contributed by atoms with E-state index in [9.17, 15) is 9.59 Å². The van der Waals surface area contributed by atoms with Crippen LogP contribution in [0.4, 0.5) is 5.13 Å². The zero-order valence-electron chi connectivity index (χ0n) is 35.0. The van der Waals surface area contributed by atoms with Crippen molar-refractivity contribution in [2.24, 2.45) is 5.16 Å². The molecule has 7 aromatic rings. The van der Waals surface area contributed by atoms with E-state index in [1.54, 1.807) is 11.5 Å². The molecule has 4 heterocycles. The second-order valence-electron chi connectivity index (χ2n) is 14.8. The fraction of sp³-hybridized carbons (Fsp3) is 0.143. The molecule has 9 rings (SSSR count). The van der Waals surface area contributed by atoms with E-state index in [1.165, 1.54) is 34.8 Å². The largest absolute Gasteiger partial charge is 0.448 e. The Morgan fingerprint density at radius 1 is 0.846 bits per heavy atom. The minimum atomic E-state index is -1.03. The van der Waals surface area contributed by atoms with E-state index in [1.807, 2.05) is 122 Å². The Morgan fingerprint density at radius 3 is 1.92 bits per heavy atom. The van der Waals surface area contributed by atoms with Gasteiger partial charge in [-0.2, -0.15) is 0 Å². The Hall–Kier alpha value is -6.95. The number of nitrogens with zero attached hydrogens (tertiary/aromatic N) is 5. The first kappa shape index (κ1) is 43.3. The number of hydrogen-bond donors (Lipinski definition) is 3. The zero-order chi connectivity index (χ0) is 44.8. The van der Waals surface area contributed by atoms with Gasteiger partial charge in [0.2, 0.25) is 12.5 Å². The Kier molecular flexibility index (Phi) is 12.9. The number of rotatable bonds is 15. The highest BCUT2D eigenvalue weighted by Crippen LogP contribution is 2.41. The summed E-state index contributed by atoms with van der Waals surface area (Å²) < 4.78 is 12.6. The Labute approximate surface area is 388 Å². The first-order valence-corrected chi connectivity index (χ1v) is 22.6. The van der Waals surface area contributed by atoms with Gasteiger partial charge in [-0.15, -0.1) is 34.2 Å². The third-order valence-corrected chi connectivity index (χ3v) is 12.8. The first-order chi connectivity index (χ1) is 31.8.